The highest BCUT2D eigenvalue weighted by Crippen LogP contribution is 2.51. The van der Waals surface area contributed by atoms with Crippen LogP contribution in [0.2, 0.25) is 0 Å². The fraction of sp³-hybridized carbons (Fsp3) is 0.375. The highest BCUT2D eigenvalue weighted by atomic mass is 19.4. The lowest BCUT2D eigenvalue weighted by atomic mass is 10.0. The predicted octanol–water partition coefficient (Wildman–Crippen LogP) is 5.27. The normalized spacial score (nSPS) is 13.6. The van der Waals surface area contributed by atoms with Crippen LogP contribution < -0.4 is 5.73 Å². The van der Waals surface area contributed by atoms with Gasteiger partial charge in [0.15, 0.2) is 0 Å². The molecule has 2 N–H and O–H groups in total. The van der Waals surface area contributed by atoms with Crippen molar-refractivity contribution in [1.29, 1.82) is 0 Å². The van der Waals surface area contributed by atoms with Crippen molar-refractivity contribution in [2.45, 2.75) is 37.5 Å². The van der Waals surface area contributed by atoms with Gasteiger partial charge in [0.05, 0.1) is 0 Å². The molecule has 0 radical (unpaired) electrons. The minimum Gasteiger partial charge on any atom is -0.399 e. The molecule has 13 heteroatoms. The van der Waals surface area contributed by atoms with E-state index in [1.807, 2.05) is 0 Å². The maximum Gasteiger partial charge on any atom is 0.460 e. The molecule has 160 valence electrons. The van der Waals surface area contributed by atoms with Crippen molar-refractivity contribution in [3.8, 4) is 0 Å². The lowest BCUT2D eigenvalue weighted by molar-refractivity contribution is -0.360. The molecule has 0 saturated carbocycles. The summed E-state index contributed by atoms with van der Waals surface area (Å²) < 4.78 is 130. The van der Waals surface area contributed by atoms with Gasteiger partial charge < -0.3 is 5.73 Å². The molecule has 1 aromatic carbocycles. The number of aromatic nitrogens is 2. The average Bonchev–Trinajstić information content (AvgIpc) is 2.56. The first kappa shape index (κ1) is 22.7. The summed E-state index contributed by atoms with van der Waals surface area (Å²) in [7, 11) is 0. The van der Waals surface area contributed by atoms with E-state index in [9.17, 15) is 43.9 Å². The number of nitrogen functional groups attached to an aromatic ring is 1. The number of nitrogens with two attached hydrogens (primary N) is 1. The summed E-state index contributed by atoms with van der Waals surface area (Å²) >= 11 is 0. The molecule has 3 nitrogen and oxygen atoms in total. The van der Waals surface area contributed by atoms with Gasteiger partial charge in [0, 0.05) is 12.1 Å². The van der Waals surface area contributed by atoms with Gasteiger partial charge in [-0.05, 0) is 30.2 Å². The monoisotopic (exact) mass is 435 g/mol. The molecule has 2 rings (SSSR count). The van der Waals surface area contributed by atoms with Crippen LogP contribution in [0, 0.1) is 6.92 Å². The Morgan fingerprint density at radius 3 is 1.86 bits per heavy atom. The van der Waals surface area contributed by atoms with E-state index >= 15 is 0 Å². The maximum atomic E-state index is 13.9. The fourth-order valence-corrected chi connectivity index (χ4v) is 2.25. The van der Waals surface area contributed by atoms with Crippen molar-refractivity contribution in [2.24, 2.45) is 0 Å². The number of hydrogen-bond donors (Lipinski definition) is 1. The van der Waals surface area contributed by atoms with Gasteiger partial charge >= 0.3 is 24.2 Å². The number of anilines is 1. The molecule has 0 unspecified atom stereocenters. The molecule has 0 saturated heterocycles. The lowest BCUT2D eigenvalue weighted by Crippen LogP contribution is -2.50. The average molecular weight is 435 g/mol. The van der Waals surface area contributed by atoms with Crippen LogP contribution >= 0.6 is 0 Å². The standard InChI is InChI=1S/C16H11F10N3/c1-7-4-8(2-3-9(7)27)5-12-28-10(6-11(29-12)14(19,20)21)13(17,18)15(22,23)16(24,25)26/h2-4,6H,5,27H2,1H3. The molecule has 2 aromatic rings. The number of nitrogens with zero attached hydrogens (tertiary/aromatic N) is 2. The van der Waals surface area contributed by atoms with Gasteiger partial charge in [-0.3, -0.25) is 0 Å². The summed E-state index contributed by atoms with van der Waals surface area (Å²) in [4.78, 5) is 5.86. The zero-order valence-electron chi connectivity index (χ0n) is 14.3. The van der Waals surface area contributed by atoms with Gasteiger partial charge in [-0.1, -0.05) is 12.1 Å². The van der Waals surface area contributed by atoms with Crippen LogP contribution in [0.15, 0.2) is 24.3 Å². The summed E-state index contributed by atoms with van der Waals surface area (Å²) in [6.07, 6.45) is -12.8. The highest BCUT2D eigenvalue weighted by Gasteiger charge is 2.74. The van der Waals surface area contributed by atoms with E-state index in [4.69, 9.17) is 5.73 Å². The van der Waals surface area contributed by atoms with Gasteiger partial charge in [0.1, 0.15) is 17.2 Å². The van der Waals surface area contributed by atoms with Gasteiger partial charge in [0.25, 0.3) is 0 Å². The number of hydrogen-bond acceptors (Lipinski definition) is 3. The Kier molecular flexibility index (Phi) is 5.49. The molecule has 0 bridgehead atoms. The van der Waals surface area contributed by atoms with E-state index in [1.54, 1.807) is 0 Å². The summed E-state index contributed by atoms with van der Waals surface area (Å²) in [5, 5.41) is 0. The van der Waals surface area contributed by atoms with Crippen LogP contribution in [-0.4, -0.2) is 22.1 Å². The highest BCUT2D eigenvalue weighted by molar-refractivity contribution is 5.48. The number of alkyl halides is 10. The van der Waals surface area contributed by atoms with E-state index in [0.717, 1.165) is 0 Å². The number of rotatable bonds is 4. The Balaban J connectivity index is 2.61. The fourth-order valence-electron chi connectivity index (χ4n) is 2.25. The molecule has 0 aliphatic heterocycles. The van der Waals surface area contributed by atoms with Crippen LogP contribution in [0.3, 0.4) is 0 Å². The van der Waals surface area contributed by atoms with E-state index in [-0.39, 0.29) is 5.56 Å². The SMILES string of the molecule is Cc1cc(Cc2nc(C(F)(F)F)cc(C(F)(F)C(F)(F)C(F)(F)F)n2)ccc1N. The van der Waals surface area contributed by atoms with Gasteiger partial charge in [-0.2, -0.15) is 43.9 Å². The molecule has 1 heterocycles. The Morgan fingerprint density at radius 1 is 0.828 bits per heavy atom. The van der Waals surface area contributed by atoms with Crippen LogP contribution in [0.4, 0.5) is 49.6 Å². The van der Waals surface area contributed by atoms with Crippen molar-refractivity contribution in [1.82, 2.24) is 9.97 Å². The lowest BCUT2D eigenvalue weighted by Gasteiger charge is -2.28. The second kappa shape index (κ2) is 7.02. The van der Waals surface area contributed by atoms with E-state index < -0.39 is 53.9 Å². The summed E-state index contributed by atoms with van der Waals surface area (Å²) in [5.41, 5.74) is 2.02. The van der Waals surface area contributed by atoms with Crippen LogP contribution in [-0.2, 0) is 18.5 Å². The number of benzene rings is 1. The third-order valence-corrected chi connectivity index (χ3v) is 3.83. The Morgan fingerprint density at radius 2 is 1.38 bits per heavy atom. The molecule has 0 spiro atoms. The Hall–Kier alpha value is -2.60. The van der Waals surface area contributed by atoms with Crippen LogP contribution in [0.1, 0.15) is 28.3 Å². The molecular weight excluding hydrogens is 424 g/mol. The minimum absolute atomic E-state index is 0.174. The quantitative estimate of drug-likeness (QED) is 0.526. The van der Waals surface area contributed by atoms with E-state index in [0.29, 0.717) is 11.3 Å². The smallest absolute Gasteiger partial charge is 0.399 e. The molecular formula is C16H11F10N3. The molecule has 0 aliphatic carbocycles. The zero-order chi connectivity index (χ0) is 22.4. The molecule has 1 aromatic heterocycles. The molecule has 0 aliphatic rings. The minimum atomic E-state index is -6.73. The second-order valence-corrected chi connectivity index (χ2v) is 6.07. The molecule has 0 fully saturated rings. The van der Waals surface area contributed by atoms with Gasteiger partial charge in [0.2, 0.25) is 0 Å². The Labute approximate surface area is 156 Å². The topological polar surface area (TPSA) is 51.8 Å². The van der Waals surface area contributed by atoms with Crippen molar-refractivity contribution < 1.29 is 43.9 Å². The molecule has 29 heavy (non-hydrogen) atoms. The molecule has 0 amide bonds. The first-order chi connectivity index (χ1) is 13.0. The number of aryl methyl sites for hydroxylation is 1. The summed E-state index contributed by atoms with van der Waals surface area (Å²) in [5.74, 6) is -13.7. The van der Waals surface area contributed by atoms with Crippen LogP contribution in [0.5, 0.6) is 0 Å². The first-order valence-corrected chi connectivity index (χ1v) is 7.60. The van der Waals surface area contributed by atoms with Crippen LogP contribution in [0.25, 0.3) is 0 Å². The van der Waals surface area contributed by atoms with E-state index in [1.165, 1.54) is 25.1 Å². The second-order valence-electron chi connectivity index (χ2n) is 6.07. The largest absolute Gasteiger partial charge is 0.460 e. The Bertz CT molecular complexity index is 903. The number of halogens is 10. The zero-order valence-corrected chi connectivity index (χ0v) is 14.3. The maximum absolute atomic E-state index is 13.9. The summed E-state index contributed by atoms with van der Waals surface area (Å²) in [6.45, 7) is 1.52. The van der Waals surface area contributed by atoms with Crippen molar-refractivity contribution in [3.63, 3.8) is 0 Å². The van der Waals surface area contributed by atoms with Crippen molar-refractivity contribution in [2.75, 3.05) is 5.73 Å². The van der Waals surface area contributed by atoms with Crippen molar-refractivity contribution >= 4 is 5.69 Å². The summed E-state index contributed by atoms with van der Waals surface area (Å²) in [6, 6.07) is 3.35. The first-order valence-electron chi connectivity index (χ1n) is 7.60. The van der Waals surface area contributed by atoms with Gasteiger partial charge in [-0.15, -0.1) is 0 Å². The van der Waals surface area contributed by atoms with E-state index in [2.05, 4.69) is 9.97 Å². The third-order valence-electron chi connectivity index (χ3n) is 3.83. The predicted molar refractivity (Wildman–Crippen MR) is 80.3 cm³/mol. The van der Waals surface area contributed by atoms with Crippen molar-refractivity contribution in [3.05, 3.63) is 52.6 Å². The third kappa shape index (κ3) is 4.37. The molecule has 0 atom stereocenters. The van der Waals surface area contributed by atoms with Gasteiger partial charge in [-0.25, -0.2) is 9.97 Å².